The smallest absolute Gasteiger partial charge is 0.176 e. The van der Waals surface area contributed by atoms with E-state index >= 15 is 0 Å². The van der Waals surface area contributed by atoms with E-state index in [-0.39, 0.29) is 11.5 Å². The van der Waals surface area contributed by atoms with E-state index in [4.69, 9.17) is 9.47 Å². The van der Waals surface area contributed by atoms with Gasteiger partial charge in [-0.15, -0.1) is 0 Å². The zero-order valence-corrected chi connectivity index (χ0v) is 9.65. The molecule has 0 unspecified atom stereocenters. The molecule has 1 N–H and O–H groups in total. The molecule has 1 saturated carbocycles. The minimum atomic E-state index is -0.485. The minimum Gasteiger partial charge on any atom is -0.392 e. The van der Waals surface area contributed by atoms with Gasteiger partial charge in [0.05, 0.1) is 24.7 Å². The SMILES string of the molecule is O[C@@H]1CCC=CC[C@]12CCCC21OCCO1. The highest BCUT2D eigenvalue weighted by Crippen LogP contribution is 2.57. The fourth-order valence-electron chi connectivity index (χ4n) is 3.72. The molecule has 0 aromatic rings. The quantitative estimate of drug-likeness (QED) is 0.640. The maximum absolute atomic E-state index is 10.5. The summed E-state index contributed by atoms with van der Waals surface area (Å²) in [6.07, 6.45) is 9.87. The van der Waals surface area contributed by atoms with Crippen molar-refractivity contribution in [2.45, 2.75) is 50.4 Å². The highest BCUT2D eigenvalue weighted by Gasteiger charge is 2.61. The Morgan fingerprint density at radius 1 is 1.12 bits per heavy atom. The van der Waals surface area contributed by atoms with Gasteiger partial charge in [-0.1, -0.05) is 12.2 Å². The number of allylic oxidation sites excluding steroid dienone is 2. The number of hydrogen-bond acceptors (Lipinski definition) is 3. The van der Waals surface area contributed by atoms with Crippen LogP contribution in [0.4, 0.5) is 0 Å². The molecular weight excluding hydrogens is 204 g/mol. The number of aliphatic hydroxyl groups is 1. The summed E-state index contributed by atoms with van der Waals surface area (Å²) in [5, 5.41) is 10.5. The van der Waals surface area contributed by atoms with Gasteiger partial charge in [0.2, 0.25) is 0 Å². The fraction of sp³-hybridized carbons (Fsp3) is 0.846. The molecule has 0 amide bonds. The normalized spacial score (nSPS) is 41.9. The Balaban J connectivity index is 1.96. The fourth-order valence-corrected chi connectivity index (χ4v) is 3.72. The summed E-state index contributed by atoms with van der Waals surface area (Å²) >= 11 is 0. The van der Waals surface area contributed by atoms with E-state index in [9.17, 15) is 5.11 Å². The third-order valence-corrected chi connectivity index (χ3v) is 4.53. The van der Waals surface area contributed by atoms with E-state index in [0.29, 0.717) is 13.2 Å². The maximum Gasteiger partial charge on any atom is 0.176 e. The summed E-state index contributed by atoms with van der Waals surface area (Å²) in [6.45, 7) is 1.36. The molecular formula is C13H20O3. The summed E-state index contributed by atoms with van der Waals surface area (Å²) in [7, 11) is 0. The second-order valence-corrected chi connectivity index (χ2v) is 5.23. The second-order valence-electron chi connectivity index (χ2n) is 5.23. The van der Waals surface area contributed by atoms with Crippen LogP contribution >= 0.6 is 0 Å². The number of aliphatic hydroxyl groups excluding tert-OH is 1. The molecule has 0 radical (unpaired) electrons. The Hall–Kier alpha value is -0.380. The van der Waals surface area contributed by atoms with Crippen molar-refractivity contribution >= 4 is 0 Å². The van der Waals surface area contributed by atoms with Gasteiger partial charge >= 0.3 is 0 Å². The van der Waals surface area contributed by atoms with Crippen LogP contribution in [0.15, 0.2) is 12.2 Å². The summed E-state index contributed by atoms with van der Waals surface area (Å²) in [5.74, 6) is -0.485. The lowest BCUT2D eigenvalue weighted by Crippen LogP contribution is -2.51. The van der Waals surface area contributed by atoms with Crippen LogP contribution in [-0.4, -0.2) is 30.2 Å². The first-order valence-electron chi connectivity index (χ1n) is 6.40. The first-order valence-corrected chi connectivity index (χ1v) is 6.40. The molecule has 3 aliphatic rings. The molecule has 2 atom stereocenters. The van der Waals surface area contributed by atoms with Crippen molar-refractivity contribution in [1.82, 2.24) is 0 Å². The predicted octanol–water partition coefficient (Wildman–Crippen LogP) is 2.00. The Morgan fingerprint density at radius 3 is 2.75 bits per heavy atom. The molecule has 1 aliphatic heterocycles. The van der Waals surface area contributed by atoms with Crippen LogP contribution in [0.5, 0.6) is 0 Å². The second kappa shape index (κ2) is 3.83. The molecule has 2 spiro atoms. The van der Waals surface area contributed by atoms with Crippen molar-refractivity contribution in [3.05, 3.63) is 12.2 Å². The molecule has 3 heteroatoms. The Labute approximate surface area is 96.4 Å². The third kappa shape index (κ3) is 1.31. The Kier molecular flexibility index (Phi) is 2.57. The number of hydrogen-bond donors (Lipinski definition) is 1. The molecule has 0 bridgehead atoms. The van der Waals surface area contributed by atoms with E-state index in [1.165, 1.54) is 0 Å². The summed E-state index contributed by atoms with van der Waals surface area (Å²) in [5.41, 5.74) is -0.184. The van der Waals surface area contributed by atoms with E-state index in [0.717, 1.165) is 38.5 Å². The monoisotopic (exact) mass is 224 g/mol. The summed E-state index contributed by atoms with van der Waals surface area (Å²) in [4.78, 5) is 0. The van der Waals surface area contributed by atoms with Crippen molar-refractivity contribution in [3.63, 3.8) is 0 Å². The van der Waals surface area contributed by atoms with Crippen LogP contribution in [0.1, 0.15) is 38.5 Å². The summed E-state index contributed by atoms with van der Waals surface area (Å²) in [6, 6.07) is 0. The highest BCUT2D eigenvalue weighted by atomic mass is 16.7. The van der Waals surface area contributed by atoms with Crippen LogP contribution < -0.4 is 0 Å². The lowest BCUT2D eigenvalue weighted by Gasteiger charge is -2.44. The third-order valence-electron chi connectivity index (χ3n) is 4.53. The van der Waals surface area contributed by atoms with Gasteiger partial charge in [-0.2, -0.15) is 0 Å². The largest absolute Gasteiger partial charge is 0.392 e. The van der Waals surface area contributed by atoms with Gasteiger partial charge < -0.3 is 14.6 Å². The number of ether oxygens (including phenoxy) is 2. The molecule has 16 heavy (non-hydrogen) atoms. The predicted molar refractivity (Wildman–Crippen MR) is 59.9 cm³/mol. The van der Waals surface area contributed by atoms with Crippen molar-refractivity contribution in [3.8, 4) is 0 Å². The van der Waals surface area contributed by atoms with E-state index in [2.05, 4.69) is 12.2 Å². The standard InChI is InChI=1S/C13H20O3/c14-11-5-2-1-3-6-12(11)7-4-8-13(12)15-9-10-16-13/h1,3,11,14H,2,4-10H2/t11-,12+/m1/s1. The van der Waals surface area contributed by atoms with Gasteiger partial charge in [0.15, 0.2) is 5.79 Å². The van der Waals surface area contributed by atoms with E-state index in [1.54, 1.807) is 0 Å². The van der Waals surface area contributed by atoms with Crippen LogP contribution in [0, 0.1) is 5.41 Å². The average Bonchev–Trinajstić information content (AvgIpc) is 2.84. The van der Waals surface area contributed by atoms with Gasteiger partial charge in [0.1, 0.15) is 0 Å². The zero-order chi connectivity index (χ0) is 11.1. The van der Waals surface area contributed by atoms with Gasteiger partial charge in [-0.25, -0.2) is 0 Å². The van der Waals surface area contributed by atoms with Crippen molar-refractivity contribution < 1.29 is 14.6 Å². The van der Waals surface area contributed by atoms with Gasteiger partial charge in [0, 0.05) is 6.42 Å². The molecule has 0 aromatic carbocycles. The lowest BCUT2D eigenvalue weighted by atomic mass is 9.73. The molecule has 1 heterocycles. The minimum absolute atomic E-state index is 0.184. The van der Waals surface area contributed by atoms with Crippen LogP contribution in [-0.2, 0) is 9.47 Å². The van der Waals surface area contributed by atoms with Gasteiger partial charge in [-0.3, -0.25) is 0 Å². The van der Waals surface area contributed by atoms with Crippen molar-refractivity contribution in [1.29, 1.82) is 0 Å². The van der Waals surface area contributed by atoms with E-state index in [1.807, 2.05) is 0 Å². The topological polar surface area (TPSA) is 38.7 Å². The summed E-state index contributed by atoms with van der Waals surface area (Å²) < 4.78 is 11.8. The average molecular weight is 224 g/mol. The zero-order valence-electron chi connectivity index (χ0n) is 9.65. The van der Waals surface area contributed by atoms with Crippen molar-refractivity contribution in [2.75, 3.05) is 13.2 Å². The number of rotatable bonds is 0. The number of fused-ring (bicyclic) bond motifs is 1. The molecule has 2 fully saturated rings. The van der Waals surface area contributed by atoms with Crippen LogP contribution in [0.3, 0.4) is 0 Å². The molecule has 0 aromatic heterocycles. The first kappa shape index (κ1) is 10.8. The highest BCUT2D eigenvalue weighted by molar-refractivity contribution is 5.10. The van der Waals surface area contributed by atoms with Gasteiger partial charge in [0.25, 0.3) is 0 Å². The van der Waals surface area contributed by atoms with Crippen LogP contribution in [0.25, 0.3) is 0 Å². The first-order chi connectivity index (χ1) is 7.79. The Bertz CT molecular complexity index is 288. The molecule has 3 rings (SSSR count). The molecule has 90 valence electrons. The lowest BCUT2D eigenvalue weighted by molar-refractivity contribution is -0.247. The molecule has 3 nitrogen and oxygen atoms in total. The Morgan fingerprint density at radius 2 is 1.94 bits per heavy atom. The maximum atomic E-state index is 10.5. The van der Waals surface area contributed by atoms with Crippen LogP contribution in [0.2, 0.25) is 0 Å². The molecule has 2 aliphatic carbocycles. The van der Waals surface area contributed by atoms with Crippen molar-refractivity contribution in [2.24, 2.45) is 5.41 Å². The molecule has 1 saturated heterocycles. The van der Waals surface area contributed by atoms with E-state index < -0.39 is 5.79 Å². The van der Waals surface area contributed by atoms with Gasteiger partial charge in [-0.05, 0) is 32.1 Å².